The van der Waals surface area contributed by atoms with Gasteiger partial charge in [-0.3, -0.25) is 0 Å². The van der Waals surface area contributed by atoms with Gasteiger partial charge in [0.2, 0.25) is 0 Å². The number of para-hydroxylation sites is 2. The van der Waals surface area contributed by atoms with Gasteiger partial charge < -0.3 is 9.47 Å². The summed E-state index contributed by atoms with van der Waals surface area (Å²) in [5.41, 5.74) is 2.46. The standard InChI is InChI=1S/C16H24ClN3/c1-16(2,11-19(3)4)12-20-14-8-6-5-7-13(14)18-15(20)9-10-17/h5-8H,9-12H2,1-4H3. The smallest absolute Gasteiger partial charge is 0.111 e. The molecule has 2 aromatic rings. The summed E-state index contributed by atoms with van der Waals surface area (Å²) >= 11 is 5.93. The van der Waals surface area contributed by atoms with E-state index in [-0.39, 0.29) is 5.41 Å². The maximum absolute atomic E-state index is 5.93. The van der Waals surface area contributed by atoms with Crippen LogP contribution < -0.4 is 0 Å². The van der Waals surface area contributed by atoms with Crippen molar-refractivity contribution in [2.24, 2.45) is 5.41 Å². The normalized spacial score (nSPS) is 12.5. The van der Waals surface area contributed by atoms with Crippen molar-refractivity contribution < 1.29 is 0 Å². The summed E-state index contributed by atoms with van der Waals surface area (Å²) in [5, 5.41) is 0. The molecule has 3 nitrogen and oxygen atoms in total. The molecule has 1 aromatic heterocycles. The van der Waals surface area contributed by atoms with Crippen LogP contribution in [0.15, 0.2) is 24.3 Å². The molecule has 0 unspecified atom stereocenters. The van der Waals surface area contributed by atoms with Crippen LogP contribution in [0.25, 0.3) is 11.0 Å². The SMILES string of the molecule is CN(C)CC(C)(C)Cn1c(CCCl)nc2ccccc21. The third-order valence-corrected chi connectivity index (χ3v) is 3.57. The number of hydrogen-bond donors (Lipinski definition) is 0. The van der Waals surface area contributed by atoms with Gasteiger partial charge in [0, 0.05) is 25.4 Å². The Hall–Kier alpha value is -1.06. The third-order valence-electron chi connectivity index (χ3n) is 3.38. The number of nitrogens with zero attached hydrogens (tertiary/aromatic N) is 3. The van der Waals surface area contributed by atoms with Crippen LogP contribution in [0.5, 0.6) is 0 Å². The molecule has 1 heterocycles. The minimum Gasteiger partial charge on any atom is -0.327 e. The van der Waals surface area contributed by atoms with Crippen molar-refractivity contribution in [1.29, 1.82) is 0 Å². The lowest BCUT2D eigenvalue weighted by molar-refractivity contribution is 0.211. The lowest BCUT2D eigenvalue weighted by Gasteiger charge is -2.29. The molecule has 0 aliphatic rings. The number of fused-ring (bicyclic) bond motifs is 1. The summed E-state index contributed by atoms with van der Waals surface area (Å²) in [7, 11) is 4.24. The number of aryl methyl sites for hydroxylation is 1. The van der Waals surface area contributed by atoms with E-state index in [4.69, 9.17) is 16.6 Å². The Morgan fingerprint density at radius 2 is 1.95 bits per heavy atom. The highest BCUT2D eigenvalue weighted by Gasteiger charge is 2.22. The lowest BCUT2D eigenvalue weighted by Crippen LogP contribution is -2.32. The quantitative estimate of drug-likeness (QED) is 0.761. The summed E-state index contributed by atoms with van der Waals surface area (Å²) < 4.78 is 2.33. The molecule has 0 N–H and O–H groups in total. The Balaban J connectivity index is 2.38. The zero-order valence-electron chi connectivity index (χ0n) is 12.9. The van der Waals surface area contributed by atoms with Crippen molar-refractivity contribution in [2.45, 2.75) is 26.8 Å². The van der Waals surface area contributed by atoms with Gasteiger partial charge in [-0.1, -0.05) is 26.0 Å². The predicted molar refractivity (Wildman–Crippen MR) is 86.5 cm³/mol. The number of imidazole rings is 1. The van der Waals surface area contributed by atoms with Crippen molar-refractivity contribution in [1.82, 2.24) is 14.5 Å². The van der Waals surface area contributed by atoms with Crippen LogP contribution in [0.3, 0.4) is 0 Å². The van der Waals surface area contributed by atoms with Gasteiger partial charge >= 0.3 is 0 Å². The Morgan fingerprint density at radius 1 is 1.25 bits per heavy atom. The minimum atomic E-state index is 0.189. The van der Waals surface area contributed by atoms with Crippen LogP contribution in [0.4, 0.5) is 0 Å². The van der Waals surface area contributed by atoms with E-state index in [9.17, 15) is 0 Å². The van der Waals surface area contributed by atoms with Gasteiger partial charge in [-0.05, 0) is 31.6 Å². The van der Waals surface area contributed by atoms with Crippen molar-refractivity contribution in [3.63, 3.8) is 0 Å². The number of aromatic nitrogens is 2. The first-order valence-corrected chi connectivity index (χ1v) is 7.61. The van der Waals surface area contributed by atoms with E-state index in [1.807, 2.05) is 6.07 Å². The largest absolute Gasteiger partial charge is 0.327 e. The molecule has 0 aliphatic carbocycles. The van der Waals surface area contributed by atoms with Crippen LogP contribution in [0, 0.1) is 5.41 Å². The van der Waals surface area contributed by atoms with Crippen LogP contribution in [0.1, 0.15) is 19.7 Å². The van der Waals surface area contributed by atoms with Crippen molar-refractivity contribution >= 4 is 22.6 Å². The second kappa shape index (κ2) is 6.15. The molecule has 1 aromatic carbocycles. The predicted octanol–water partition coefficient (Wildman–Crippen LogP) is 3.41. The second-order valence-electron chi connectivity index (χ2n) is 6.44. The highest BCUT2D eigenvalue weighted by atomic mass is 35.5. The van der Waals surface area contributed by atoms with E-state index in [0.29, 0.717) is 5.88 Å². The van der Waals surface area contributed by atoms with E-state index in [2.05, 4.69) is 55.6 Å². The summed E-state index contributed by atoms with van der Waals surface area (Å²) in [6.45, 7) is 6.59. The van der Waals surface area contributed by atoms with Crippen molar-refractivity contribution in [3.05, 3.63) is 30.1 Å². The molecule has 0 fully saturated rings. The monoisotopic (exact) mass is 293 g/mol. The molecule has 110 valence electrons. The van der Waals surface area contributed by atoms with Crippen LogP contribution in [-0.4, -0.2) is 41.0 Å². The van der Waals surface area contributed by atoms with Crippen LogP contribution in [0.2, 0.25) is 0 Å². The van der Waals surface area contributed by atoms with E-state index < -0.39 is 0 Å². The molecular weight excluding hydrogens is 270 g/mol. The molecular formula is C16H24ClN3. The van der Waals surface area contributed by atoms with Gasteiger partial charge in [-0.2, -0.15) is 0 Å². The molecule has 0 atom stereocenters. The van der Waals surface area contributed by atoms with Crippen LogP contribution >= 0.6 is 11.6 Å². The number of benzene rings is 1. The average molecular weight is 294 g/mol. The Morgan fingerprint density at radius 3 is 2.60 bits per heavy atom. The molecule has 4 heteroatoms. The van der Waals surface area contributed by atoms with E-state index in [1.54, 1.807) is 0 Å². The summed E-state index contributed by atoms with van der Waals surface area (Å²) in [6.07, 6.45) is 0.814. The van der Waals surface area contributed by atoms with Crippen molar-refractivity contribution in [3.8, 4) is 0 Å². The minimum absolute atomic E-state index is 0.189. The third kappa shape index (κ3) is 3.53. The zero-order valence-corrected chi connectivity index (χ0v) is 13.6. The molecule has 0 saturated carbocycles. The molecule has 0 saturated heterocycles. The number of alkyl halides is 1. The first kappa shape index (κ1) is 15.3. The molecule has 0 radical (unpaired) electrons. The number of rotatable bonds is 6. The summed E-state index contributed by atoms with van der Waals surface area (Å²) in [6, 6.07) is 8.33. The fourth-order valence-corrected chi connectivity index (χ4v) is 3.08. The van der Waals surface area contributed by atoms with Crippen LogP contribution in [-0.2, 0) is 13.0 Å². The van der Waals surface area contributed by atoms with Gasteiger partial charge in [0.1, 0.15) is 5.82 Å². The second-order valence-corrected chi connectivity index (χ2v) is 6.82. The fourth-order valence-electron chi connectivity index (χ4n) is 2.91. The molecule has 2 rings (SSSR count). The highest BCUT2D eigenvalue weighted by molar-refractivity contribution is 6.17. The van der Waals surface area contributed by atoms with Gasteiger partial charge in [0.05, 0.1) is 11.0 Å². The van der Waals surface area contributed by atoms with Gasteiger partial charge in [-0.15, -0.1) is 11.6 Å². The molecule has 0 bridgehead atoms. The zero-order chi connectivity index (χ0) is 14.8. The molecule has 20 heavy (non-hydrogen) atoms. The number of halogens is 1. The maximum atomic E-state index is 5.93. The average Bonchev–Trinajstić information content (AvgIpc) is 2.66. The maximum Gasteiger partial charge on any atom is 0.111 e. The molecule has 0 aliphatic heterocycles. The van der Waals surface area contributed by atoms with Gasteiger partial charge in [-0.25, -0.2) is 4.98 Å². The Bertz CT molecular complexity index is 572. The summed E-state index contributed by atoms with van der Waals surface area (Å²) in [5.74, 6) is 1.70. The molecule has 0 amide bonds. The van der Waals surface area contributed by atoms with Gasteiger partial charge in [0.15, 0.2) is 0 Å². The molecule has 0 spiro atoms. The highest BCUT2D eigenvalue weighted by Crippen LogP contribution is 2.24. The summed E-state index contributed by atoms with van der Waals surface area (Å²) in [4.78, 5) is 6.97. The fraction of sp³-hybridized carbons (Fsp3) is 0.562. The first-order valence-electron chi connectivity index (χ1n) is 7.08. The topological polar surface area (TPSA) is 21.1 Å². The van der Waals surface area contributed by atoms with Crippen molar-refractivity contribution in [2.75, 3.05) is 26.5 Å². The Labute approximate surface area is 126 Å². The lowest BCUT2D eigenvalue weighted by atomic mass is 9.92. The first-order chi connectivity index (χ1) is 9.43. The van der Waals surface area contributed by atoms with E-state index in [0.717, 1.165) is 30.9 Å². The van der Waals surface area contributed by atoms with E-state index in [1.165, 1.54) is 5.52 Å². The van der Waals surface area contributed by atoms with Gasteiger partial charge in [0.25, 0.3) is 0 Å². The van der Waals surface area contributed by atoms with E-state index >= 15 is 0 Å². The number of hydrogen-bond acceptors (Lipinski definition) is 2. The Kier molecular flexibility index (Phi) is 4.71.